The van der Waals surface area contributed by atoms with Crippen LogP contribution in [0.3, 0.4) is 0 Å². The number of carbonyl (C=O) groups excluding carboxylic acids is 1. The molecule has 0 spiro atoms. The molecule has 0 saturated carbocycles. The molecule has 1 heterocycles. The average molecular weight is 403 g/mol. The summed E-state index contributed by atoms with van der Waals surface area (Å²) in [7, 11) is 0. The molecule has 1 aliphatic heterocycles. The zero-order chi connectivity index (χ0) is 20.6. The SMILES string of the molecule is C[C@@H](CCO)[C@H](OC(=O)Nc1ccc2c(c1)OCO2)c1cccc(OCCO)c1. The third kappa shape index (κ3) is 5.52. The van der Waals surface area contributed by atoms with Gasteiger partial charge in [-0.25, -0.2) is 4.79 Å². The summed E-state index contributed by atoms with van der Waals surface area (Å²) in [6, 6.07) is 12.2. The van der Waals surface area contributed by atoms with Crippen LogP contribution in [0.2, 0.25) is 0 Å². The highest BCUT2D eigenvalue weighted by molar-refractivity contribution is 5.85. The maximum atomic E-state index is 12.5. The van der Waals surface area contributed by atoms with Gasteiger partial charge in [-0.05, 0) is 42.2 Å². The number of benzene rings is 2. The minimum atomic E-state index is -0.625. The highest BCUT2D eigenvalue weighted by Crippen LogP contribution is 2.35. The van der Waals surface area contributed by atoms with Gasteiger partial charge in [0.1, 0.15) is 18.5 Å². The van der Waals surface area contributed by atoms with Gasteiger partial charge in [-0.1, -0.05) is 19.1 Å². The summed E-state index contributed by atoms with van der Waals surface area (Å²) in [5, 5.41) is 21.0. The van der Waals surface area contributed by atoms with Gasteiger partial charge in [0.2, 0.25) is 6.79 Å². The third-order valence-electron chi connectivity index (χ3n) is 4.50. The van der Waals surface area contributed by atoms with Crippen LogP contribution in [0, 0.1) is 5.92 Å². The Hall–Kier alpha value is -2.97. The van der Waals surface area contributed by atoms with Crippen LogP contribution in [0.25, 0.3) is 0 Å². The summed E-state index contributed by atoms with van der Waals surface area (Å²) in [5.74, 6) is 1.62. The van der Waals surface area contributed by atoms with Crippen molar-refractivity contribution in [3.05, 3.63) is 48.0 Å². The molecule has 1 aliphatic rings. The lowest BCUT2D eigenvalue weighted by Gasteiger charge is -2.24. The van der Waals surface area contributed by atoms with Crippen LogP contribution in [0.4, 0.5) is 10.5 Å². The number of aliphatic hydroxyl groups is 2. The lowest BCUT2D eigenvalue weighted by atomic mass is 9.94. The predicted molar refractivity (Wildman–Crippen MR) is 105 cm³/mol. The lowest BCUT2D eigenvalue weighted by Crippen LogP contribution is -2.22. The number of anilines is 1. The van der Waals surface area contributed by atoms with E-state index in [1.807, 2.05) is 13.0 Å². The molecule has 2 aromatic rings. The van der Waals surface area contributed by atoms with Crippen LogP contribution in [0.15, 0.2) is 42.5 Å². The second-order valence-corrected chi connectivity index (χ2v) is 6.65. The fourth-order valence-corrected chi connectivity index (χ4v) is 3.05. The zero-order valence-corrected chi connectivity index (χ0v) is 16.2. The molecule has 2 aromatic carbocycles. The molecule has 0 bridgehead atoms. The highest BCUT2D eigenvalue weighted by Gasteiger charge is 2.24. The molecule has 0 saturated heterocycles. The summed E-state index contributed by atoms with van der Waals surface area (Å²) in [6.45, 7) is 2.11. The van der Waals surface area contributed by atoms with Gasteiger partial charge >= 0.3 is 6.09 Å². The van der Waals surface area contributed by atoms with Crippen LogP contribution >= 0.6 is 0 Å². The van der Waals surface area contributed by atoms with Crippen molar-refractivity contribution in [3.8, 4) is 17.2 Å². The molecule has 3 N–H and O–H groups in total. The van der Waals surface area contributed by atoms with E-state index in [1.165, 1.54) is 0 Å². The quantitative estimate of drug-likeness (QED) is 0.591. The number of nitrogens with one attached hydrogen (secondary N) is 1. The summed E-state index contributed by atoms with van der Waals surface area (Å²) in [4.78, 5) is 12.5. The number of ether oxygens (including phenoxy) is 4. The van der Waals surface area contributed by atoms with Gasteiger partial charge in [0.25, 0.3) is 0 Å². The Balaban J connectivity index is 1.72. The van der Waals surface area contributed by atoms with Gasteiger partial charge in [-0.3, -0.25) is 5.32 Å². The number of rotatable bonds is 9. The fourth-order valence-electron chi connectivity index (χ4n) is 3.05. The van der Waals surface area contributed by atoms with Crippen molar-refractivity contribution < 1.29 is 34.0 Å². The summed E-state index contributed by atoms with van der Waals surface area (Å²) < 4.78 is 21.7. The van der Waals surface area contributed by atoms with E-state index >= 15 is 0 Å². The summed E-state index contributed by atoms with van der Waals surface area (Å²) >= 11 is 0. The first-order valence-corrected chi connectivity index (χ1v) is 9.42. The van der Waals surface area contributed by atoms with Gasteiger partial charge < -0.3 is 29.2 Å². The molecule has 8 heteroatoms. The molecule has 0 aromatic heterocycles. The maximum absolute atomic E-state index is 12.5. The molecule has 156 valence electrons. The van der Waals surface area contributed by atoms with E-state index in [4.69, 9.17) is 24.1 Å². The number of aliphatic hydroxyl groups excluding tert-OH is 2. The smallest absolute Gasteiger partial charge is 0.412 e. The van der Waals surface area contributed by atoms with E-state index in [-0.39, 0.29) is 32.5 Å². The average Bonchev–Trinajstić information content (AvgIpc) is 3.18. The maximum Gasteiger partial charge on any atom is 0.412 e. The van der Waals surface area contributed by atoms with Crippen molar-refractivity contribution in [3.63, 3.8) is 0 Å². The lowest BCUT2D eigenvalue weighted by molar-refractivity contribution is 0.0665. The van der Waals surface area contributed by atoms with Crippen molar-refractivity contribution in [1.29, 1.82) is 0 Å². The van der Waals surface area contributed by atoms with Gasteiger partial charge in [-0.2, -0.15) is 0 Å². The van der Waals surface area contributed by atoms with Gasteiger partial charge in [-0.15, -0.1) is 0 Å². The second-order valence-electron chi connectivity index (χ2n) is 6.65. The molecule has 0 aliphatic carbocycles. The van der Waals surface area contributed by atoms with Crippen LogP contribution in [-0.2, 0) is 4.74 Å². The number of hydrogen-bond donors (Lipinski definition) is 3. The molecule has 0 radical (unpaired) electrons. The number of carbonyl (C=O) groups is 1. The normalized spacial score (nSPS) is 14.2. The Bertz CT molecular complexity index is 826. The van der Waals surface area contributed by atoms with Crippen LogP contribution in [-0.4, -0.2) is 42.9 Å². The third-order valence-corrected chi connectivity index (χ3v) is 4.50. The summed E-state index contributed by atoms with van der Waals surface area (Å²) in [6.07, 6.45) is -0.752. The van der Waals surface area contributed by atoms with Gasteiger partial charge in [0.15, 0.2) is 11.5 Å². The Morgan fingerprint density at radius 2 is 1.97 bits per heavy atom. The van der Waals surface area contributed by atoms with Crippen LogP contribution in [0.1, 0.15) is 25.0 Å². The Kier molecular flexibility index (Phi) is 7.15. The molecule has 2 atom stereocenters. The minimum absolute atomic E-state index is 0.0223. The van der Waals surface area contributed by atoms with E-state index < -0.39 is 12.2 Å². The molecule has 3 rings (SSSR count). The predicted octanol–water partition coefficient (Wildman–Crippen LogP) is 3.09. The van der Waals surface area contributed by atoms with E-state index in [1.54, 1.807) is 36.4 Å². The van der Waals surface area contributed by atoms with Crippen molar-refractivity contribution in [1.82, 2.24) is 0 Å². The first kappa shape index (κ1) is 20.8. The van der Waals surface area contributed by atoms with E-state index in [0.29, 0.717) is 29.4 Å². The molecule has 29 heavy (non-hydrogen) atoms. The van der Waals surface area contributed by atoms with Crippen molar-refractivity contribution in [2.24, 2.45) is 5.92 Å². The van der Waals surface area contributed by atoms with Crippen LogP contribution in [0.5, 0.6) is 17.2 Å². The van der Waals surface area contributed by atoms with Crippen molar-refractivity contribution in [2.45, 2.75) is 19.4 Å². The molecular weight excluding hydrogens is 378 g/mol. The Morgan fingerprint density at radius 3 is 2.76 bits per heavy atom. The Morgan fingerprint density at radius 1 is 1.14 bits per heavy atom. The molecule has 0 fully saturated rings. The monoisotopic (exact) mass is 403 g/mol. The molecular formula is C21H25NO7. The van der Waals surface area contributed by atoms with Crippen molar-refractivity contribution in [2.75, 3.05) is 31.9 Å². The van der Waals surface area contributed by atoms with Gasteiger partial charge in [0, 0.05) is 18.4 Å². The number of amides is 1. The van der Waals surface area contributed by atoms with Crippen molar-refractivity contribution >= 4 is 11.8 Å². The molecule has 1 amide bonds. The van der Waals surface area contributed by atoms with Gasteiger partial charge in [0.05, 0.1) is 6.61 Å². The van der Waals surface area contributed by atoms with Crippen LogP contribution < -0.4 is 19.5 Å². The minimum Gasteiger partial charge on any atom is -0.491 e. The van der Waals surface area contributed by atoms with E-state index in [0.717, 1.165) is 5.56 Å². The standard InChI is InChI=1S/C21H25NO7/c1-14(7-8-23)20(15-3-2-4-17(11-15)26-10-9-24)29-21(25)22-16-5-6-18-19(12-16)28-13-27-18/h2-6,11-12,14,20,23-24H,7-10,13H2,1H3,(H,22,25)/t14-,20-/m0/s1. The molecule has 0 unspecified atom stereocenters. The highest BCUT2D eigenvalue weighted by atomic mass is 16.7. The molecule has 8 nitrogen and oxygen atoms in total. The number of fused-ring (bicyclic) bond motifs is 1. The Labute approximate surface area is 169 Å². The fraction of sp³-hybridized carbons (Fsp3) is 0.381. The second kappa shape index (κ2) is 9.99. The summed E-state index contributed by atoms with van der Waals surface area (Å²) in [5.41, 5.74) is 1.26. The first-order chi connectivity index (χ1) is 14.1. The zero-order valence-electron chi connectivity index (χ0n) is 16.2. The topological polar surface area (TPSA) is 106 Å². The van der Waals surface area contributed by atoms with E-state index in [2.05, 4.69) is 5.32 Å². The van der Waals surface area contributed by atoms with E-state index in [9.17, 15) is 9.90 Å². The number of hydrogen-bond acceptors (Lipinski definition) is 7. The largest absolute Gasteiger partial charge is 0.491 e. The first-order valence-electron chi connectivity index (χ1n) is 9.42.